The topological polar surface area (TPSA) is 84.8 Å². The van der Waals surface area contributed by atoms with E-state index in [4.69, 9.17) is 9.97 Å². The molecule has 0 amide bonds. The Kier molecular flexibility index (Phi) is 5.83. The molecule has 3 rings (SSSR count). The first-order valence-electron chi connectivity index (χ1n) is 8.42. The van der Waals surface area contributed by atoms with Gasteiger partial charge in [-0.15, -0.1) is 11.3 Å². The van der Waals surface area contributed by atoms with Crippen LogP contribution in [-0.2, 0) is 0 Å². The highest BCUT2D eigenvalue weighted by Crippen LogP contribution is 2.33. The van der Waals surface area contributed by atoms with Crippen LogP contribution in [0.25, 0.3) is 10.2 Å². The van der Waals surface area contributed by atoms with Gasteiger partial charge in [-0.3, -0.25) is 0 Å². The first-order chi connectivity index (χ1) is 11.7. The first kappa shape index (κ1) is 17.3. The van der Waals surface area contributed by atoms with Crippen molar-refractivity contribution < 1.29 is 10.2 Å². The van der Waals surface area contributed by atoms with E-state index in [1.807, 2.05) is 4.90 Å². The van der Waals surface area contributed by atoms with Crippen molar-refractivity contribution in [2.24, 2.45) is 0 Å². The van der Waals surface area contributed by atoms with E-state index in [0.29, 0.717) is 13.1 Å². The summed E-state index contributed by atoms with van der Waals surface area (Å²) in [5, 5.41) is 25.3. The van der Waals surface area contributed by atoms with Gasteiger partial charge < -0.3 is 25.3 Å². The summed E-state index contributed by atoms with van der Waals surface area (Å²) >= 11 is 1.62. The Balaban J connectivity index is 2.05. The van der Waals surface area contributed by atoms with E-state index in [1.54, 1.807) is 11.3 Å². The van der Waals surface area contributed by atoms with Crippen LogP contribution >= 0.6 is 11.3 Å². The number of nitrogens with zero attached hydrogens (tertiary/aromatic N) is 4. The lowest BCUT2D eigenvalue weighted by Gasteiger charge is -2.26. The van der Waals surface area contributed by atoms with Crippen LogP contribution in [0.3, 0.4) is 0 Å². The summed E-state index contributed by atoms with van der Waals surface area (Å²) in [5.41, 5.74) is 1.13. The van der Waals surface area contributed by atoms with Gasteiger partial charge in [0, 0.05) is 32.7 Å². The number of aliphatic hydroxyl groups is 2. The van der Waals surface area contributed by atoms with Crippen LogP contribution in [0, 0.1) is 6.92 Å². The maximum atomic E-state index is 9.39. The van der Waals surface area contributed by atoms with E-state index in [1.165, 1.54) is 0 Å². The van der Waals surface area contributed by atoms with E-state index < -0.39 is 0 Å². The fourth-order valence-electron chi connectivity index (χ4n) is 3.03. The normalized spacial score (nSPS) is 15.7. The number of nitrogens with one attached hydrogen (secondary N) is 1. The third kappa shape index (κ3) is 3.61. The zero-order valence-electron chi connectivity index (χ0n) is 14.0. The van der Waals surface area contributed by atoms with Gasteiger partial charge in [0.25, 0.3) is 0 Å². The van der Waals surface area contributed by atoms with Gasteiger partial charge in [-0.2, -0.15) is 4.98 Å². The zero-order chi connectivity index (χ0) is 16.9. The molecule has 132 valence electrons. The molecule has 3 N–H and O–H groups in total. The molecule has 7 nitrogen and oxygen atoms in total. The van der Waals surface area contributed by atoms with Crippen molar-refractivity contribution in [2.45, 2.75) is 13.3 Å². The van der Waals surface area contributed by atoms with Crippen molar-refractivity contribution in [3.05, 3.63) is 10.9 Å². The molecule has 1 aliphatic rings. The molecule has 0 atom stereocenters. The molecule has 0 bridgehead atoms. The number of aromatic nitrogens is 2. The van der Waals surface area contributed by atoms with Gasteiger partial charge in [0.2, 0.25) is 5.95 Å². The molecule has 0 unspecified atom stereocenters. The molecule has 8 heteroatoms. The van der Waals surface area contributed by atoms with Crippen LogP contribution in [0.2, 0.25) is 0 Å². The van der Waals surface area contributed by atoms with Gasteiger partial charge in [-0.25, -0.2) is 4.98 Å². The minimum atomic E-state index is 0.0254. The predicted octanol–water partition coefficient (Wildman–Crippen LogP) is 0.590. The van der Waals surface area contributed by atoms with Crippen molar-refractivity contribution in [1.82, 2.24) is 15.3 Å². The quantitative estimate of drug-likeness (QED) is 0.702. The van der Waals surface area contributed by atoms with Gasteiger partial charge in [0.1, 0.15) is 10.6 Å². The lowest BCUT2D eigenvalue weighted by Crippen LogP contribution is -2.33. The molecule has 2 aromatic rings. The standard InChI is InChI=1S/C16H25N5O2S/c1-12-11-24-15-13(12)14(20(7-9-22)8-10-23)18-16(19-15)21-5-2-3-17-4-6-21/h11,17,22-23H,2-10H2,1H3. The summed E-state index contributed by atoms with van der Waals surface area (Å²) in [4.78, 5) is 14.7. The van der Waals surface area contributed by atoms with Crippen LogP contribution in [0.1, 0.15) is 12.0 Å². The Labute approximate surface area is 145 Å². The minimum absolute atomic E-state index is 0.0254. The molecule has 0 spiro atoms. The molecule has 3 heterocycles. The predicted molar refractivity (Wildman–Crippen MR) is 98.2 cm³/mol. The molecule has 2 aromatic heterocycles. The number of fused-ring (bicyclic) bond motifs is 1. The molecular formula is C16H25N5O2S. The number of anilines is 2. The minimum Gasteiger partial charge on any atom is -0.395 e. The molecule has 0 aliphatic carbocycles. The molecule has 0 radical (unpaired) electrons. The molecular weight excluding hydrogens is 326 g/mol. The van der Waals surface area contributed by atoms with Crippen LogP contribution in [0.15, 0.2) is 5.38 Å². The van der Waals surface area contributed by atoms with Crippen molar-refractivity contribution >= 4 is 33.3 Å². The number of hydrogen-bond acceptors (Lipinski definition) is 8. The van der Waals surface area contributed by atoms with E-state index in [-0.39, 0.29) is 13.2 Å². The summed E-state index contributed by atoms with van der Waals surface area (Å²) in [7, 11) is 0. The van der Waals surface area contributed by atoms with Crippen molar-refractivity contribution in [3.63, 3.8) is 0 Å². The number of aliphatic hydroxyl groups excluding tert-OH is 2. The molecule has 0 saturated carbocycles. The van der Waals surface area contributed by atoms with Gasteiger partial charge in [-0.05, 0) is 30.8 Å². The summed E-state index contributed by atoms with van der Waals surface area (Å²) in [6.45, 7) is 6.76. The summed E-state index contributed by atoms with van der Waals surface area (Å²) in [6, 6.07) is 0. The van der Waals surface area contributed by atoms with Crippen molar-refractivity contribution in [2.75, 3.05) is 62.3 Å². The lowest BCUT2D eigenvalue weighted by molar-refractivity contribution is 0.281. The monoisotopic (exact) mass is 351 g/mol. The smallest absolute Gasteiger partial charge is 0.228 e. The van der Waals surface area contributed by atoms with E-state index in [0.717, 1.165) is 60.1 Å². The fraction of sp³-hybridized carbons (Fsp3) is 0.625. The number of aryl methyl sites for hydroxylation is 1. The summed E-state index contributed by atoms with van der Waals surface area (Å²) in [6.07, 6.45) is 1.07. The van der Waals surface area contributed by atoms with Crippen LogP contribution in [0.5, 0.6) is 0 Å². The van der Waals surface area contributed by atoms with Crippen LogP contribution in [-0.4, -0.2) is 72.7 Å². The average molecular weight is 351 g/mol. The van der Waals surface area contributed by atoms with Crippen LogP contribution in [0.4, 0.5) is 11.8 Å². The molecule has 24 heavy (non-hydrogen) atoms. The van der Waals surface area contributed by atoms with E-state index >= 15 is 0 Å². The van der Waals surface area contributed by atoms with Gasteiger partial charge in [-0.1, -0.05) is 0 Å². The van der Waals surface area contributed by atoms with Crippen molar-refractivity contribution in [3.8, 4) is 0 Å². The van der Waals surface area contributed by atoms with Gasteiger partial charge >= 0.3 is 0 Å². The Bertz CT molecular complexity index is 664. The first-order valence-corrected chi connectivity index (χ1v) is 9.30. The lowest BCUT2D eigenvalue weighted by atomic mass is 10.2. The fourth-order valence-corrected chi connectivity index (χ4v) is 3.94. The average Bonchev–Trinajstić information content (AvgIpc) is 2.80. The van der Waals surface area contributed by atoms with E-state index in [2.05, 4.69) is 22.5 Å². The Morgan fingerprint density at radius 1 is 1.21 bits per heavy atom. The Hall–Kier alpha value is -1.48. The second kappa shape index (κ2) is 8.06. The van der Waals surface area contributed by atoms with Crippen LogP contribution < -0.4 is 15.1 Å². The summed E-state index contributed by atoms with van der Waals surface area (Å²) in [5.74, 6) is 1.55. The third-order valence-electron chi connectivity index (χ3n) is 4.25. The Morgan fingerprint density at radius 2 is 2.00 bits per heavy atom. The van der Waals surface area contributed by atoms with Crippen molar-refractivity contribution in [1.29, 1.82) is 0 Å². The highest BCUT2D eigenvalue weighted by molar-refractivity contribution is 7.17. The van der Waals surface area contributed by atoms with Gasteiger partial charge in [0.15, 0.2) is 0 Å². The molecule has 1 aliphatic heterocycles. The largest absolute Gasteiger partial charge is 0.395 e. The number of thiophene rings is 1. The van der Waals surface area contributed by atoms with Gasteiger partial charge in [0.05, 0.1) is 18.6 Å². The Morgan fingerprint density at radius 3 is 2.75 bits per heavy atom. The molecule has 1 fully saturated rings. The maximum Gasteiger partial charge on any atom is 0.228 e. The summed E-state index contributed by atoms with van der Waals surface area (Å²) < 4.78 is 0. The maximum absolute atomic E-state index is 9.39. The van der Waals surface area contributed by atoms with E-state index in [9.17, 15) is 10.2 Å². The number of hydrogen-bond donors (Lipinski definition) is 3. The molecule has 1 saturated heterocycles. The second-order valence-electron chi connectivity index (χ2n) is 5.97. The number of rotatable bonds is 6. The highest BCUT2D eigenvalue weighted by Gasteiger charge is 2.20. The third-order valence-corrected chi connectivity index (χ3v) is 5.24. The SMILES string of the molecule is Cc1csc2nc(N3CCCNCC3)nc(N(CCO)CCO)c12. The molecule has 0 aromatic carbocycles. The zero-order valence-corrected chi connectivity index (χ0v) is 14.8. The highest BCUT2D eigenvalue weighted by atomic mass is 32.1. The second-order valence-corrected chi connectivity index (χ2v) is 6.83.